The lowest BCUT2D eigenvalue weighted by Gasteiger charge is -2.10. The molecule has 2 rings (SSSR count). The summed E-state index contributed by atoms with van der Waals surface area (Å²) in [7, 11) is 0. The molecule has 1 amide bonds. The molecule has 2 aromatic rings. The van der Waals surface area contributed by atoms with Crippen molar-refractivity contribution in [3.63, 3.8) is 0 Å². The highest BCUT2D eigenvalue weighted by molar-refractivity contribution is 5.93. The van der Waals surface area contributed by atoms with Crippen LogP contribution in [0.5, 0.6) is 0 Å². The van der Waals surface area contributed by atoms with Crippen LogP contribution in [0.2, 0.25) is 0 Å². The third-order valence-electron chi connectivity index (χ3n) is 3.15. The lowest BCUT2D eigenvalue weighted by Crippen LogP contribution is -2.10. The molecular formula is C16H18N2O. The Morgan fingerprint density at radius 2 is 1.79 bits per heavy atom. The van der Waals surface area contributed by atoms with Crippen molar-refractivity contribution in [2.24, 2.45) is 5.73 Å². The summed E-state index contributed by atoms with van der Waals surface area (Å²) in [5.74, 6) is -0.402. The van der Waals surface area contributed by atoms with E-state index >= 15 is 0 Å². The Labute approximate surface area is 113 Å². The van der Waals surface area contributed by atoms with Crippen LogP contribution in [0, 0.1) is 13.8 Å². The van der Waals surface area contributed by atoms with Gasteiger partial charge in [-0.2, -0.15) is 0 Å². The summed E-state index contributed by atoms with van der Waals surface area (Å²) < 4.78 is 0. The van der Waals surface area contributed by atoms with E-state index < -0.39 is 5.91 Å². The number of nitrogens with two attached hydrogens (primary N) is 1. The van der Waals surface area contributed by atoms with Gasteiger partial charge >= 0.3 is 0 Å². The van der Waals surface area contributed by atoms with Crippen molar-refractivity contribution in [3.05, 3.63) is 64.7 Å². The fraction of sp³-hybridized carbons (Fsp3) is 0.188. The molecule has 0 unspecified atom stereocenters. The maximum absolute atomic E-state index is 11.0. The van der Waals surface area contributed by atoms with Crippen LogP contribution in [0.25, 0.3) is 0 Å². The number of rotatable bonds is 4. The highest BCUT2D eigenvalue weighted by Crippen LogP contribution is 2.14. The number of carbonyl (C=O) groups excluding carboxylic acids is 1. The molecule has 0 radical (unpaired) electrons. The van der Waals surface area contributed by atoms with E-state index in [4.69, 9.17) is 5.73 Å². The van der Waals surface area contributed by atoms with Crippen LogP contribution in [0.4, 0.5) is 5.69 Å². The highest BCUT2D eigenvalue weighted by atomic mass is 16.1. The van der Waals surface area contributed by atoms with E-state index in [1.165, 1.54) is 16.7 Å². The van der Waals surface area contributed by atoms with E-state index in [9.17, 15) is 4.79 Å². The summed E-state index contributed by atoms with van der Waals surface area (Å²) in [4.78, 5) is 11.0. The van der Waals surface area contributed by atoms with Crippen molar-refractivity contribution in [2.45, 2.75) is 20.4 Å². The summed E-state index contributed by atoms with van der Waals surface area (Å²) in [5, 5.41) is 3.34. The Morgan fingerprint density at radius 3 is 2.37 bits per heavy atom. The van der Waals surface area contributed by atoms with E-state index in [0.29, 0.717) is 5.56 Å². The van der Waals surface area contributed by atoms with E-state index in [-0.39, 0.29) is 0 Å². The van der Waals surface area contributed by atoms with Gasteiger partial charge in [0.2, 0.25) is 5.91 Å². The number of benzene rings is 2. The average Bonchev–Trinajstić information content (AvgIpc) is 2.38. The van der Waals surface area contributed by atoms with Gasteiger partial charge in [0.25, 0.3) is 0 Å². The largest absolute Gasteiger partial charge is 0.381 e. The molecule has 19 heavy (non-hydrogen) atoms. The van der Waals surface area contributed by atoms with Crippen molar-refractivity contribution >= 4 is 11.6 Å². The fourth-order valence-corrected chi connectivity index (χ4v) is 1.99. The molecule has 0 aliphatic heterocycles. The van der Waals surface area contributed by atoms with Crippen LogP contribution in [0.1, 0.15) is 27.0 Å². The van der Waals surface area contributed by atoms with Gasteiger partial charge in [0.1, 0.15) is 0 Å². The number of primary amides is 1. The van der Waals surface area contributed by atoms with Crippen LogP contribution in [-0.2, 0) is 6.54 Å². The Kier molecular flexibility index (Phi) is 3.85. The maximum atomic E-state index is 11.0. The van der Waals surface area contributed by atoms with Gasteiger partial charge in [0, 0.05) is 17.8 Å². The average molecular weight is 254 g/mol. The lowest BCUT2D eigenvalue weighted by molar-refractivity contribution is 0.100. The first kappa shape index (κ1) is 13.1. The third-order valence-corrected chi connectivity index (χ3v) is 3.15. The van der Waals surface area contributed by atoms with Gasteiger partial charge in [0.05, 0.1) is 0 Å². The molecule has 3 nitrogen and oxygen atoms in total. The first-order valence-corrected chi connectivity index (χ1v) is 6.26. The SMILES string of the molecule is Cc1ccc(CNc2ccc(C(N)=O)cc2)c(C)c1. The number of nitrogens with one attached hydrogen (secondary N) is 1. The molecule has 0 bridgehead atoms. The first-order valence-electron chi connectivity index (χ1n) is 6.26. The molecule has 0 saturated carbocycles. The van der Waals surface area contributed by atoms with Crippen LogP contribution in [-0.4, -0.2) is 5.91 Å². The molecule has 0 atom stereocenters. The van der Waals surface area contributed by atoms with Crippen molar-refractivity contribution < 1.29 is 4.79 Å². The first-order chi connectivity index (χ1) is 9.06. The van der Waals surface area contributed by atoms with Crippen molar-refractivity contribution in [1.29, 1.82) is 0 Å². The third kappa shape index (κ3) is 3.35. The molecule has 0 aliphatic rings. The smallest absolute Gasteiger partial charge is 0.248 e. The summed E-state index contributed by atoms with van der Waals surface area (Å²) in [5.41, 5.74) is 10.5. The Balaban J connectivity index is 2.04. The number of hydrogen-bond acceptors (Lipinski definition) is 2. The summed E-state index contributed by atoms with van der Waals surface area (Å²) in [6.07, 6.45) is 0. The minimum absolute atomic E-state index is 0.402. The van der Waals surface area contributed by atoms with Gasteiger partial charge in [0.15, 0.2) is 0 Å². The molecule has 0 aromatic heterocycles. The number of aryl methyl sites for hydroxylation is 2. The zero-order valence-corrected chi connectivity index (χ0v) is 11.2. The molecule has 0 fully saturated rings. The van der Waals surface area contributed by atoms with Crippen LogP contribution in [0.3, 0.4) is 0 Å². The number of hydrogen-bond donors (Lipinski definition) is 2. The second-order valence-corrected chi connectivity index (χ2v) is 4.73. The molecule has 2 aromatic carbocycles. The predicted molar refractivity (Wildman–Crippen MR) is 78.2 cm³/mol. The lowest BCUT2D eigenvalue weighted by atomic mass is 10.1. The quantitative estimate of drug-likeness (QED) is 0.881. The molecule has 0 heterocycles. The van der Waals surface area contributed by atoms with Gasteiger partial charge in [-0.15, -0.1) is 0 Å². The zero-order valence-electron chi connectivity index (χ0n) is 11.2. The summed E-state index contributed by atoms with van der Waals surface area (Å²) >= 11 is 0. The topological polar surface area (TPSA) is 55.1 Å². The zero-order chi connectivity index (χ0) is 13.8. The Bertz CT molecular complexity index is 588. The van der Waals surface area contributed by atoms with Crippen LogP contribution in [0.15, 0.2) is 42.5 Å². The minimum atomic E-state index is -0.402. The Morgan fingerprint density at radius 1 is 1.11 bits per heavy atom. The van der Waals surface area contributed by atoms with Gasteiger partial charge in [-0.3, -0.25) is 4.79 Å². The van der Waals surface area contributed by atoms with Crippen molar-refractivity contribution in [2.75, 3.05) is 5.32 Å². The predicted octanol–water partition coefficient (Wildman–Crippen LogP) is 3.01. The minimum Gasteiger partial charge on any atom is -0.381 e. The second-order valence-electron chi connectivity index (χ2n) is 4.73. The standard InChI is InChI=1S/C16H18N2O/c1-11-3-4-14(12(2)9-11)10-18-15-7-5-13(6-8-15)16(17)19/h3-9,18H,10H2,1-2H3,(H2,17,19). The monoisotopic (exact) mass is 254 g/mol. The Hall–Kier alpha value is -2.29. The van der Waals surface area contributed by atoms with E-state index in [1.807, 2.05) is 12.1 Å². The molecule has 3 heteroatoms. The van der Waals surface area contributed by atoms with Gasteiger partial charge < -0.3 is 11.1 Å². The highest BCUT2D eigenvalue weighted by Gasteiger charge is 2.01. The van der Waals surface area contributed by atoms with E-state index in [2.05, 4.69) is 37.4 Å². The van der Waals surface area contributed by atoms with Crippen molar-refractivity contribution in [3.8, 4) is 0 Å². The van der Waals surface area contributed by atoms with E-state index in [0.717, 1.165) is 12.2 Å². The molecule has 98 valence electrons. The van der Waals surface area contributed by atoms with E-state index in [1.54, 1.807) is 12.1 Å². The van der Waals surface area contributed by atoms with Gasteiger partial charge in [-0.05, 0) is 49.2 Å². The molecular weight excluding hydrogens is 236 g/mol. The normalized spacial score (nSPS) is 10.2. The van der Waals surface area contributed by atoms with Crippen LogP contribution < -0.4 is 11.1 Å². The van der Waals surface area contributed by atoms with Gasteiger partial charge in [-0.1, -0.05) is 23.8 Å². The molecule has 0 aliphatic carbocycles. The molecule has 0 spiro atoms. The van der Waals surface area contributed by atoms with Gasteiger partial charge in [-0.25, -0.2) is 0 Å². The molecule has 0 saturated heterocycles. The maximum Gasteiger partial charge on any atom is 0.248 e. The number of anilines is 1. The second kappa shape index (κ2) is 5.57. The summed E-state index contributed by atoms with van der Waals surface area (Å²) in [6.45, 7) is 4.97. The van der Waals surface area contributed by atoms with Crippen molar-refractivity contribution in [1.82, 2.24) is 0 Å². The van der Waals surface area contributed by atoms with Crippen LogP contribution >= 0.6 is 0 Å². The molecule has 3 N–H and O–H groups in total. The summed E-state index contributed by atoms with van der Waals surface area (Å²) in [6, 6.07) is 13.6. The number of amides is 1. The fourth-order valence-electron chi connectivity index (χ4n) is 1.99. The number of carbonyl (C=O) groups is 1.